The zero-order valence-electron chi connectivity index (χ0n) is 14.8. The minimum Gasteiger partial charge on any atom is -0.342 e. The predicted octanol–water partition coefficient (Wildman–Crippen LogP) is 7.20. The van der Waals surface area contributed by atoms with Crippen molar-refractivity contribution in [1.82, 2.24) is 9.55 Å². The summed E-state index contributed by atoms with van der Waals surface area (Å²) in [5.74, 6) is -0.254. The van der Waals surface area contributed by atoms with Gasteiger partial charge in [0.15, 0.2) is 0 Å². The van der Waals surface area contributed by atoms with E-state index in [1.165, 1.54) is 6.07 Å². The molecule has 0 bridgehead atoms. The lowest BCUT2D eigenvalue weighted by molar-refractivity contribution is 0.629. The number of hydrogen-bond donors (Lipinski definition) is 0. The van der Waals surface area contributed by atoms with Crippen molar-refractivity contribution in [2.45, 2.75) is 9.79 Å². The summed E-state index contributed by atoms with van der Waals surface area (Å²) in [4.78, 5) is 6.87. The average Bonchev–Trinajstić information content (AvgIpc) is 3.06. The summed E-state index contributed by atoms with van der Waals surface area (Å²) in [6.45, 7) is 0. The molecular formula is C22H15Cl2FN2S. The number of nitrogens with zero attached hydrogens (tertiary/aromatic N) is 2. The van der Waals surface area contributed by atoms with Crippen molar-refractivity contribution in [3.8, 4) is 11.4 Å². The van der Waals surface area contributed by atoms with Crippen LogP contribution in [-0.2, 0) is 7.05 Å². The van der Waals surface area contributed by atoms with Crippen molar-refractivity contribution in [3.63, 3.8) is 0 Å². The number of benzene rings is 3. The summed E-state index contributed by atoms with van der Waals surface area (Å²) in [6.07, 6.45) is 0. The van der Waals surface area contributed by atoms with Crippen LogP contribution in [-0.4, -0.2) is 9.55 Å². The third-order valence-electron chi connectivity index (χ3n) is 4.76. The number of fused-ring (bicyclic) bond motifs is 4. The summed E-state index contributed by atoms with van der Waals surface area (Å²) in [7, 11) is 2.01. The van der Waals surface area contributed by atoms with Crippen LogP contribution in [0.15, 0.2) is 76.5 Å². The van der Waals surface area contributed by atoms with E-state index in [0.717, 1.165) is 43.0 Å². The molecule has 0 spiro atoms. The molecule has 2 aliphatic heterocycles. The highest BCUT2D eigenvalue weighted by Crippen LogP contribution is 2.45. The van der Waals surface area contributed by atoms with E-state index < -0.39 is 0 Å². The molecule has 2 heterocycles. The van der Waals surface area contributed by atoms with Gasteiger partial charge in [-0.1, -0.05) is 41.6 Å². The number of halogens is 3. The van der Waals surface area contributed by atoms with Gasteiger partial charge in [-0.2, -0.15) is 0 Å². The number of pyridine rings is 1. The Balaban J connectivity index is 0.00000192. The molecule has 0 saturated heterocycles. The van der Waals surface area contributed by atoms with E-state index in [9.17, 15) is 4.39 Å². The van der Waals surface area contributed by atoms with E-state index in [0.29, 0.717) is 5.02 Å². The average molecular weight is 429 g/mol. The number of rotatable bonds is 2. The van der Waals surface area contributed by atoms with Gasteiger partial charge in [-0.25, -0.2) is 9.37 Å². The van der Waals surface area contributed by atoms with E-state index in [4.69, 9.17) is 16.6 Å². The lowest BCUT2D eigenvalue weighted by Crippen LogP contribution is -2.01. The van der Waals surface area contributed by atoms with Gasteiger partial charge in [0.1, 0.15) is 11.5 Å². The van der Waals surface area contributed by atoms with Crippen LogP contribution >= 0.6 is 35.8 Å². The van der Waals surface area contributed by atoms with Gasteiger partial charge < -0.3 is 4.57 Å². The first-order valence-electron chi connectivity index (χ1n) is 8.51. The van der Waals surface area contributed by atoms with Crippen molar-refractivity contribution in [1.29, 1.82) is 0 Å². The Morgan fingerprint density at radius 3 is 2.50 bits per heavy atom. The van der Waals surface area contributed by atoms with E-state index in [-0.39, 0.29) is 18.2 Å². The second-order valence-corrected chi connectivity index (χ2v) is 7.95. The summed E-state index contributed by atoms with van der Waals surface area (Å²) < 4.78 is 16.2. The first-order chi connectivity index (χ1) is 13.1. The molecule has 2 aliphatic rings. The van der Waals surface area contributed by atoms with Gasteiger partial charge in [0, 0.05) is 38.2 Å². The van der Waals surface area contributed by atoms with Gasteiger partial charge in [0.25, 0.3) is 0 Å². The maximum Gasteiger partial charge on any atom is 0.124 e. The molecule has 0 saturated carbocycles. The summed E-state index contributed by atoms with van der Waals surface area (Å²) in [5, 5.41) is 2.64. The molecule has 3 aromatic rings. The summed E-state index contributed by atoms with van der Waals surface area (Å²) in [6, 6.07) is 20.7. The van der Waals surface area contributed by atoms with Crippen molar-refractivity contribution < 1.29 is 4.39 Å². The molecule has 0 fully saturated rings. The third-order valence-corrected chi connectivity index (χ3v) is 6.14. The molecule has 28 heavy (non-hydrogen) atoms. The quantitative estimate of drug-likeness (QED) is 0.295. The van der Waals surface area contributed by atoms with Gasteiger partial charge in [-0.15, -0.1) is 12.4 Å². The fourth-order valence-corrected chi connectivity index (χ4v) is 4.67. The zero-order valence-corrected chi connectivity index (χ0v) is 17.2. The Labute approximate surface area is 177 Å². The van der Waals surface area contributed by atoms with Crippen LogP contribution < -0.4 is 0 Å². The first kappa shape index (κ1) is 19.1. The smallest absolute Gasteiger partial charge is 0.124 e. The Morgan fingerprint density at radius 2 is 1.71 bits per heavy atom. The van der Waals surface area contributed by atoms with Gasteiger partial charge in [-0.05, 0) is 48.5 Å². The van der Waals surface area contributed by atoms with Gasteiger partial charge in [-0.3, -0.25) is 0 Å². The van der Waals surface area contributed by atoms with Crippen LogP contribution in [0.4, 0.5) is 4.39 Å². The van der Waals surface area contributed by atoms with E-state index in [1.807, 2.05) is 55.6 Å². The molecule has 140 valence electrons. The highest BCUT2D eigenvalue weighted by atomic mass is 35.5. The van der Waals surface area contributed by atoms with Crippen LogP contribution in [0.5, 0.6) is 0 Å². The van der Waals surface area contributed by atoms with E-state index >= 15 is 0 Å². The van der Waals surface area contributed by atoms with Crippen molar-refractivity contribution in [2.75, 3.05) is 0 Å². The molecule has 3 aromatic carbocycles. The second kappa shape index (κ2) is 7.28. The van der Waals surface area contributed by atoms with Crippen LogP contribution in [0.2, 0.25) is 5.02 Å². The number of hydrogen-bond acceptors (Lipinski definition) is 2. The molecule has 2 nitrogen and oxygen atoms in total. The fourth-order valence-electron chi connectivity index (χ4n) is 3.52. The summed E-state index contributed by atoms with van der Waals surface area (Å²) >= 11 is 7.61. The molecule has 5 rings (SSSR count). The monoisotopic (exact) mass is 428 g/mol. The molecular weight excluding hydrogens is 414 g/mol. The molecule has 0 radical (unpaired) electrons. The molecule has 6 heteroatoms. The molecule has 0 unspecified atom stereocenters. The maximum atomic E-state index is 14.1. The second-order valence-electron chi connectivity index (χ2n) is 6.43. The molecule has 0 amide bonds. The Hall–Kier alpha value is -2.27. The highest BCUT2D eigenvalue weighted by molar-refractivity contribution is 7.99. The lowest BCUT2D eigenvalue weighted by atomic mass is 10.1. The first-order valence-corrected chi connectivity index (χ1v) is 9.71. The zero-order chi connectivity index (χ0) is 18.5. The van der Waals surface area contributed by atoms with Crippen LogP contribution in [0, 0.1) is 5.82 Å². The number of aromatic nitrogens is 2. The lowest BCUT2D eigenvalue weighted by Gasteiger charge is -2.17. The molecule has 0 atom stereocenters. The Kier molecular flexibility index (Phi) is 4.96. The van der Waals surface area contributed by atoms with Gasteiger partial charge >= 0.3 is 0 Å². The SMILES string of the molecule is Cl.Cn1c2c3ccccc3nc-2c(Sc2ccc(Cl)cc2)c2cc(F)ccc21. The van der Waals surface area contributed by atoms with E-state index in [2.05, 4.69) is 10.6 Å². The van der Waals surface area contributed by atoms with Crippen LogP contribution in [0.1, 0.15) is 0 Å². The van der Waals surface area contributed by atoms with Gasteiger partial charge in [0.2, 0.25) is 0 Å². The van der Waals surface area contributed by atoms with Gasteiger partial charge in [0.05, 0.1) is 11.2 Å². The highest BCUT2D eigenvalue weighted by Gasteiger charge is 2.23. The minimum absolute atomic E-state index is 0. The molecule has 0 aliphatic carbocycles. The Morgan fingerprint density at radius 1 is 0.964 bits per heavy atom. The van der Waals surface area contributed by atoms with Crippen LogP contribution in [0.25, 0.3) is 33.2 Å². The number of aryl methyl sites for hydroxylation is 1. The predicted molar refractivity (Wildman–Crippen MR) is 118 cm³/mol. The fraction of sp³-hybridized carbons (Fsp3) is 0.0455. The normalized spacial score (nSPS) is 11.2. The molecule has 0 aromatic heterocycles. The molecule has 0 N–H and O–H groups in total. The van der Waals surface area contributed by atoms with Crippen molar-refractivity contribution >= 4 is 57.6 Å². The Bertz CT molecular complexity index is 1280. The standard InChI is InChI=1S/C22H14ClFN2S.ClH/c1-26-19-11-8-14(24)12-17(19)22(27-15-9-6-13(23)7-10-15)20-21(26)16-4-2-3-5-18(16)25-20;/h2-12H,1H3;1H. The maximum absolute atomic E-state index is 14.1. The summed E-state index contributed by atoms with van der Waals surface area (Å²) in [5.41, 5.74) is 3.85. The van der Waals surface area contributed by atoms with Crippen molar-refractivity contribution in [2.24, 2.45) is 7.05 Å². The van der Waals surface area contributed by atoms with Crippen molar-refractivity contribution in [3.05, 3.63) is 77.6 Å². The minimum atomic E-state index is -0.254. The largest absolute Gasteiger partial charge is 0.342 e. The van der Waals surface area contributed by atoms with Crippen LogP contribution in [0.3, 0.4) is 0 Å². The number of para-hydroxylation sites is 1. The van der Waals surface area contributed by atoms with E-state index in [1.54, 1.807) is 17.8 Å². The topological polar surface area (TPSA) is 17.8 Å². The third kappa shape index (κ3) is 3.02.